The molecule has 0 spiro atoms. The number of hydrogen-bond donors (Lipinski definition) is 1. The number of nitrogens with one attached hydrogen (secondary N) is 1. The fourth-order valence-corrected chi connectivity index (χ4v) is 4.34. The highest BCUT2D eigenvalue weighted by Crippen LogP contribution is 2.37. The quantitative estimate of drug-likeness (QED) is 0.595. The summed E-state index contributed by atoms with van der Waals surface area (Å²) in [6.07, 6.45) is -3.00. The number of fused-ring (bicyclic) bond motifs is 1. The summed E-state index contributed by atoms with van der Waals surface area (Å²) in [6, 6.07) is 6.70. The number of carbonyl (C=O) groups is 1. The van der Waals surface area contributed by atoms with E-state index in [-0.39, 0.29) is 23.5 Å². The maximum atomic E-state index is 13.8. The minimum atomic E-state index is -4.44. The van der Waals surface area contributed by atoms with Crippen molar-refractivity contribution in [2.45, 2.75) is 28.6 Å². The van der Waals surface area contributed by atoms with Crippen molar-refractivity contribution < 1.29 is 22.4 Å². The average molecular weight is 402 g/mol. The fraction of sp³-hybridized carbons (Fsp3) is 0.294. The first-order chi connectivity index (χ1) is 12.3. The zero-order valence-corrected chi connectivity index (χ0v) is 15.0. The molecule has 9 heteroatoms. The zero-order chi connectivity index (χ0) is 18.7. The summed E-state index contributed by atoms with van der Waals surface area (Å²) in [7, 11) is 0. The Hall–Kier alpha value is -1.74. The van der Waals surface area contributed by atoms with E-state index in [2.05, 4.69) is 10.3 Å². The van der Waals surface area contributed by atoms with E-state index < -0.39 is 11.7 Å². The van der Waals surface area contributed by atoms with E-state index in [4.69, 9.17) is 0 Å². The van der Waals surface area contributed by atoms with Gasteiger partial charge in [-0.3, -0.25) is 4.79 Å². The molecule has 1 amide bonds. The van der Waals surface area contributed by atoms with Crippen LogP contribution < -0.4 is 5.32 Å². The van der Waals surface area contributed by atoms with Crippen LogP contribution in [0.25, 0.3) is 0 Å². The second-order valence-electron chi connectivity index (χ2n) is 5.59. The van der Waals surface area contributed by atoms with Gasteiger partial charge in [0.2, 0.25) is 5.91 Å². The van der Waals surface area contributed by atoms with Crippen LogP contribution in [-0.2, 0) is 11.0 Å². The lowest BCUT2D eigenvalue weighted by atomic mass is 10.0. The van der Waals surface area contributed by atoms with Crippen LogP contribution in [0.4, 0.5) is 17.6 Å². The lowest BCUT2D eigenvalue weighted by molar-refractivity contribution is -0.137. The Balaban J connectivity index is 1.58. The monoisotopic (exact) mass is 402 g/mol. The minimum Gasteiger partial charge on any atom is -0.348 e. The lowest BCUT2D eigenvalue weighted by Crippen LogP contribution is -2.32. The summed E-state index contributed by atoms with van der Waals surface area (Å²) in [5.41, 5.74) is -0.0723. The van der Waals surface area contributed by atoms with Crippen LogP contribution in [0.5, 0.6) is 0 Å². The topological polar surface area (TPSA) is 42.0 Å². The summed E-state index contributed by atoms with van der Waals surface area (Å²) in [4.78, 5) is 16.4. The predicted octanol–water partition coefficient (Wildman–Crippen LogP) is 4.68. The number of carbonyl (C=O) groups excluding carboxylic acids is 1. The summed E-state index contributed by atoms with van der Waals surface area (Å²) in [5.74, 6) is 0.151. The van der Waals surface area contributed by atoms with Gasteiger partial charge in [0.25, 0.3) is 0 Å². The Morgan fingerprint density at radius 3 is 2.81 bits per heavy atom. The van der Waals surface area contributed by atoms with E-state index in [1.54, 1.807) is 12.1 Å². The van der Waals surface area contributed by atoms with Crippen molar-refractivity contribution in [3.05, 3.63) is 53.5 Å². The molecule has 0 saturated carbocycles. The van der Waals surface area contributed by atoms with Crippen LogP contribution in [0, 0.1) is 5.82 Å². The number of rotatable bonds is 4. The summed E-state index contributed by atoms with van der Waals surface area (Å²) in [6.45, 7) is 0. The Morgan fingerprint density at radius 2 is 2.12 bits per heavy atom. The molecule has 1 N–H and O–H groups in total. The third kappa shape index (κ3) is 4.50. The maximum absolute atomic E-state index is 13.8. The summed E-state index contributed by atoms with van der Waals surface area (Å²) in [5, 5.41) is 3.19. The minimum absolute atomic E-state index is 0.0205. The molecule has 1 aromatic carbocycles. The van der Waals surface area contributed by atoms with Gasteiger partial charge in [-0.2, -0.15) is 13.2 Å². The second kappa shape index (κ2) is 7.87. The van der Waals surface area contributed by atoms with Gasteiger partial charge >= 0.3 is 6.18 Å². The molecular formula is C17H14F4N2OS2. The number of nitrogens with zero attached hydrogens (tertiary/aromatic N) is 1. The Kier molecular flexibility index (Phi) is 5.76. The molecule has 0 fully saturated rings. The zero-order valence-electron chi connectivity index (χ0n) is 13.3. The van der Waals surface area contributed by atoms with Gasteiger partial charge in [-0.15, -0.1) is 11.8 Å². The highest BCUT2D eigenvalue weighted by atomic mass is 32.2. The first-order valence-electron chi connectivity index (χ1n) is 7.71. The van der Waals surface area contributed by atoms with Gasteiger partial charge in [0, 0.05) is 16.8 Å². The van der Waals surface area contributed by atoms with Gasteiger partial charge in [-0.05, 0) is 30.2 Å². The standard InChI is InChI=1S/C17H14F4N2OS2/c18-12-3-1-2-11-13(6-7-25-16(11)12)23-14(24)9-26-15-5-4-10(8-22-15)17(19,20)21/h1-5,8,13H,6-7,9H2,(H,23,24). The van der Waals surface area contributed by atoms with Crippen molar-refractivity contribution in [1.29, 1.82) is 0 Å². The van der Waals surface area contributed by atoms with Gasteiger partial charge in [0.05, 0.1) is 22.4 Å². The molecule has 3 rings (SSSR count). The fourth-order valence-electron chi connectivity index (χ4n) is 2.55. The van der Waals surface area contributed by atoms with Crippen LogP contribution in [0.1, 0.15) is 23.6 Å². The average Bonchev–Trinajstić information content (AvgIpc) is 2.60. The van der Waals surface area contributed by atoms with Crippen molar-refractivity contribution >= 4 is 29.4 Å². The molecule has 0 saturated heterocycles. The number of amides is 1. The van der Waals surface area contributed by atoms with Crippen LogP contribution in [0.15, 0.2) is 46.5 Å². The van der Waals surface area contributed by atoms with Crippen molar-refractivity contribution in [2.24, 2.45) is 0 Å². The molecule has 26 heavy (non-hydrogen) atoms. The normalized spacial score (nSPS) is 16.8. The van der Waals surface area contributed by atoms with E-state index in [0.717, 1.165) is 29.6 Å². The number of halogens is 4. The van der Waals surface area contributed by atoms with Crippen LogP contribution in [-0.4, -0.2) is 22.4 Å². The van der Waals surface area contributed by atoms with E-state index in [0.29, 0.717) is 22.1 Å². The third-order valence-corrected chi connectivity index (χ3v) is 5.88. The SMILES string of the molecule is O=C(CSc1ccc(C(F)(F)F)cn1)NC1CCSc2c(F)cccc21. The van der Waals surface area contributed by atoms with Gasteiger partial charge in [-0.25, -0.2) is 9.37 Å². The Morgan fingerprint density at radius 1 is 1.31 bits per heavy atom. The number of pyridine rings is 1. The molecule has 2 heterocycles. The first kappa shape index (κ1) is 19.0. The largest absolute Gasteiger partial charge is 0.417 e. The molecule has 1 atom stereocenters. The van der Waals surface area contributed by atoms with Crippen molar-refractivity contribution in [1.82, 2.24) is 10.3 Å². The maximum Gasteiger partial charge on any atom is 0.417 e. The highest BCUT2D eigenvalue weighted by molar-refractivity contribution is 8.00. The highest BCUT2D eigenvalue weighted by Gasteiger charge is 2.30. The Labute approximate surface area is 156 Å². The van der Waals surface area contributed by atoms with Crippen molar-refractivity contribution in [2.75, 3.05) is 11.5 Å². The molecule has 0 bridgehead atoms. The Bertz CT molecular complexity index is 796. The van der Waals surface area contributed by atoms with Crippen LogP contribution in [0.2, 0.25) is 0 Å². The third-order valence-electron chi connectivity index (χ3n) is 3.78. The smallest absolute Gasteiger partial charge is 0.348 e. The number of alkyl halides is 3. The predicted molar refractivity (Wildman–Crippen MR) is 92.6 cm³/mol. The number of hydrogen-bond acceptors (Lipinski definition) is 4. The van der Waals surface area contributed by atoms with Gasteiger partial charge in [-0.1, -0.05) is 23.9 Å². The van der Waals surface area contributed by atoms with E-state index in [9.17, 15) is 22.4 Å². The second-order valence-corrected chi connectivity index (χ2v) is 7.69. The van der Waals surface area contributed by atoms with Crippen LogP contribution >= 0.6 is 23.5 Å². The molecule has 0 aliphatic carbocycles. The van der Waals surface area contributed by atoms with Gasteiger partial charge in [0.1, 0.15) is 5.82 Å². The molecule has 1 aliphatic rings. The summed E-state index contributed by atoms with van der Waals surface area (Å²) < 4.78 is 51.4. The molecule has 0 radical (unpaired) electrons. The molecule has 3 nitrogen and oxygen atoms in total. The molecule has 2 aromatic rings. The van der Waals surface area contributed by atoms with Gasteiger partial charge < -0.3 is 5.32 Å². The number of thioether (sulfide) groups is 2. The summed E-state index contributed by atoms with van der Waals surface area (Å²) >= 11 is 2.48. The number of benzene rings is 1. The van der Waals surface area contributed by atoms with E-state index >= 15 is 0 Å². The van der Waals surface area contributed by atoms with Gasteiger partial charge in [0.15, 0.2) is 0 Å². The first-order valence-corrected chi connectivity index (χ1v) is 9.68. The molecule has 1 unspecified atom stereocenters. The molecular weight excluding hydrogens is 388 g/mol. The molecule has 1 aliphatic heterocycles. The van der Waals surface area contributed by atoms with Crippen LogP contribution in [0.3, 0.4) is 0 Å². The molecule has 138 valence electrons. The van der Waals surface area contributed by atoms with E-state index in [1.165, 1.54) is 23.9 Å². The van der Waals surface area contributed by atoms with Crippen molar-refractivity contribution in [3.63, 3.8) is 0 Å². The number of aromatic nitrogens is 1. The lowest BCUT2D eigenvalue weighted by Gasteiger charge is -2.26. The van der Waals surface area contributed by atoms with E-state index in [1.807, 2.05) is 0 Å². The van der Waals surface area contributed by atoms with Crippen molar-refractivity contribution in [3.8, 4) is 0 Å². The molecule has 1 aromatic heterocycles.